The Hall–Kier alpha value is -0.850. The number of carbonyl (C=O) groups is 1. The van der Waals surface area contributed by atoms with E-state index >= 15 is 0 Å². The van der Waals surface area contributed by atoms with E-state index < -0.39 is 0 Å². The number of aromatic nitrogens is 2. The zero-order valence-electron chi connectivity index (χ0n) is 11.8. The molecule has 0 fully saturated rings. The maximum atomic E-state index is 12.3. The van der Waals surface area contributed by atoms with Crippen LogP contribution in [0.15, 0.2) is 26.9 Å². The van der Waals surface area contributed by atoms with Gasteiger partial charge < -0.3 is 0 Å². The maximum absolute atomic E-state index is 12.3. The number of nitrogens with zero attached hydrogens (tertiary/aromatic N) is 2. The minimum atomic E-state index is 0.176. The van der Waals surface area contributed by atoms with Gasteiger partial charge in [0, 0.05) is 5.56 Å². The van der Waals surface area contributed by atoms with Gasteiger partial charge in [-0.25, -0.2) is 0 Å². The van der Waals surface area contributed by atoms with Crippen LogP contribution in [0.2, 0.25) is 0 Å². The third kappa shape index (κ3) is 3.67. The summed E-state index contributed by atoms with van der Waals surface area (Å²) in [6.07, 6.45) is 3.48. The average molecular weight is 337 g/mol. The molecular weight excluding hydrogens is 320 g/mol. The topological polar surface area (TPSA) is 42.9 Å². The normalized spacial score (nSPS) is 13.4. The molecule has 0 atom stereocenters. The van der Waals surface area contributed by atoms with E-state index in [1.165, 1.54) is 29.3 Å². The maximum Gasteiger partial charge on any atom is 0.175 e. The molecule has 1 aromatic heterocycles. The molecular formula is C15H16N2OS3. The van der Waals surface area contributed by atoms with Gasteiger partial charge in [-0.05, 0) is 42.2 Å². The van der Waals surface area contributed by atoms with Crippen molar-refractivity contribution in [2.75, 3.05) is 11.5 Å². The zero-order chi connectivity index (χ0) is 14.7. The van der Waals surface area contributed by atoms with E-state index in [0.29, 0.717) is 5.75 Å². The Kier molecular flexibility index (Phi) is 4.98. The quantitative estimate of drug-likeness (QED) is 0.586. The third-order valence-corrected chi connectivity index (χ3v) is 6.47. The molecule has 0 amide bonds. The van der Waals surface area contributed by atoms with Crippen molar-refractivity contribution in [2.45, 2.75) is 34.9 Å². The van der Waals surface area contributed by atoms with E-state index in [1.54, 1.807) is 23.1 Å². The molecule has 0 saturated carbocycles. The van der Waals surface area contributed by atoms with Crippen molar-refractivity contribution in [2.24, 2.45) is 0 Å². The van der Waals surface area contributed by atoms with Crippen LogP contribution in [-0.2, 0) is 12.8 Å². The second kappa shape index (κ2) is 6.94. The highest BCUT2D eigenvalue weighted by Crippen LogP contribution is 2.29. The van der Waals surface area contributed by atoms with E-state index in [1.807, 2.05) is 6.07 Å². The molecule has 1 aliphatic rings. The van der Waals surface area contributed by atoms with E-state index in [4.69, 9.17) is 0 Å². The van der Waals surface area contributed by atoms with Crippen LogP contribution < -0.4 is 0 Å². The lowest BCUT2D eigenvalue weighted by atomic mass is 10.0. The number of hydrogen-bond donors (Lipinski definition) is 0. The van der Waals surface area contributed by atoms with Gasteiger partial charge in [0.25, 0.3) is 0 Å². The minimum Gasteiger partial charge on any atom is -0.293 e. The lowest BCUT2D eigenvalue weighted by molar-refractivity contribution is 0.102. The number of benzene rings is 1. The summed E-state index contributed by atoms with van der Waals surface area (Å²) in [6.45, 7) is 2.09. The van der Waals surface area contributed by atoms with Crippen molar-refractivity contribution in [3.63, 3.8) is 0 Å². The second-order valence-corrected chi connectivity index (χ2v) is 8.53. The number of aryl methyl sites for hydroxylation is 2. The first kappa shape index (κ1) is 15.1. The van der Waals surface area contributed by atoms with E-state index in [9.17, 15) is 4.79 Å². The molecule has 3 nitrogen and oxygen atoms in total. The van der Waals surface area contributed by atoms with Crippen molar-refractivity contribution >= 4 is 40.6 Å². The first-order valence-electron chi connectivity index (χ1n) is 7.00. The molecule has 1 heterocycles. The Morgan fingerprint density at radius 1 is 1.19 bits per heavy atom. The SMILES string of the molecule is CCSc1nnc(SCC(=O)c2ccc3c(c2)CCC3)s1. The van der Waals surface area contributed by atoms with Crippen LogP contribution in [0.25, 0.3) is 0 Å². The number of Topliss-reactive ketones (excluding diaryl/α,β-unsaturated/α-hetero) is 1. The molecule has 1 aliphatic carbocycles. The Labute approximate surface area is 136 Å². The van der Waals surface area contributed by atoms with Crippen LogP contribution in [-0.4, -0.2) is 27.5 Å². The number of ketones is 1. The van der Waals surface area contributed by atoms with Gasteiger partial charge >= 0.3 is 0 Å². The monoisotopic (exact) mass is 336 g/mol. The molecule has 21 heavy (non-hydrogen) atoms. The van der Waals surface area contributed by atoms with Crippen LogP contribution in [0.3, 0.4) is 0 Å². The molecule has 110 valence electrons. The minimum absolute atomic E-state index is 0.176. The fourth-order valence-electron chi connectivity index (χ4n) is 2.39. The Balaban J connectivity index is 1.60. The summed E-state index contributed by atoms with van der Waals surface area (Å²) in [5.41, 5.74) is 3.59. The van der Waals surface area contributed by atoms with Crippen LogP contribution >= 0.6 is 34.9 Å². The molecule has 1 aromatic carbocycles. The summed E-state index contributed by atoms with van der Waals surface area (Å²) >= 11 is 4.74. The fourth-order valence-corrected chi connectivity index (χ4v) is 5.20. The van der Waals surface area contributed by atoms with E-state index in [-0.39, 0.29) is 5.78 Å². The van der Waals surface area contributed by atoms with Crippen molar-refractivity contribution in [1.29, 1.82) is 0 Å². The molecule has 0 bridgehead atoms. The lowest BCUT2D eigenvalue weighted by Crippen LogP contribution is -2.03. The third-order valence-electron chi connectivity index (χ3n) is 3.40. The Bertz CT molecular complexity index is 654. The summed E-state index contributed by atoms with van der Waals surface area (Å²) in [6, 6.07) is 6.15. The van der Waals surface area contributed by atoms with Crippen molar-refractivity contribution in [3.8, 4) is 0 Å². The number of hydrogen-bond acceptors (Lipinski definition) is 6. The highest BCUT2D eigenvalue weighted by molar-refractivity contribution is 8.03. The number of rotatable bonds is 6. The van der Waals surface area contributed by atoms with Crippen LogP contribution in [0.4, 0.5) is 0 Å². The first-order valence-corrected chi connectivity index (χ1v) is 9.79. The van der Waals surface area contributed by atoms with E-state index in [0.717, 1.165) is 32.8 Å². The predicted octanol–water partition coefficient (Wildman–Crippen LogP) is 4.11. The highest BCUT2D eigenvalue weighted by atomic mass is 32.2. The lowest BCUT2D eigenvalue weighted by Gasteiger charge is -2.03. The molecule has 0 aliphatic heterocycles. The van der Waals surface area contributed by atoms with Gasteiger partial charge in [-0.2, -0.15) is 0 Å². The van der Waals surface area contributed by atoms with Gasteiger partial charge in [-0.15, -0.1) is 10.2 Å². The number of carbonyl (C=O) groups excluding carboxylic acids is 1. The predicted molar refractivity (Wildman–Crippen MR) is 89.8 cm³/mol. The first-order chi connectivity index (χ1) is 10.3. The van der Waals surface area contributed by atoms with Gasteiger partial charge in [0.05, 0.1) is 5.75 Å². The van der Waals surface area contributed by atoms with Gasteiger partial charge in [0.2, 0.25) is 0 Å². The molecule has 2 aromatic rings. The van der Waals surface area contributed by atoms with Crippen LogP contribution in [0.1, 0.15) is 34.8 Å². The highest BCUT2D eigenvalue weighted by Gasteiger charge is 2.15. The van der Waals surface area contributed by atoms with Crippen LogP contribution in [0, 0.1) is 0 Å². The van der Waals surface area contributed by atoms with Crippen molar-refractivity contribution in [1.82, 2.24) is 10.2 Å². The average Bonchev–Trinajstić information content (AvgIpc) is 3.13. The largest absolute Gasteiger partial charge is 0.293 e. The standard InChI is InChI=1S/C15H16N2OS3/c1-2-19-14-16-17-15(21-14)20-9-13(18)12-7-6-10-4-3-5-11(10)8-12/h6-8H,2-5,9H2,1H3. The second-order valence-electron chi connectivity index (χ2n) is 4.82. The molecule has 0 saturated heterocycles. The molecule has 3 rings (SSSR count). The van der Waals surface area contributed by atoms with Crippen molar-refractivity contribution < 1.29 is 4.79 Å². The fraction of sp³-hybridized carbons (Fsp3) is 0.400. The Morgan fingerprint density at radius 2 is 1.95 bits per heavy atom. The van der Waals surface area contributed by atoms with Gasteiger partial charge in [-0.1, -0.05) is 53.9 Å². The van der Waals surface area contributed by atoms with Gasteiger partial charge in [-0.3, -0.25) is 4.79 Å². The Morgan fingerprint density at radius 3 is 2.76 bits per heavy atom. The number of thioether (sulfide) groups is 2. The van der Waals surface area contributed by atoms with Crippen LogP contribution in [0.5, 0.6) is 0 Å². The smallest absolute Gasteiger partial charge is 0.175 e. The summed E-state index contributed by atoms with van der Waals surface area (Å²) in [5, 5.41) is 8.22. The van der Waals surface area contributed by atoms with Gasteiger partial charge in [0.1, 0.15) is 0 Å². The molecule has 0 N–H and O–H groups in total. The summed E-state index contributed by atoms with van der Waals surface area (Å²) in [5.74, 6) is 1.60. The summed E-state index contributed by atoms with van der Waals surface area (Å²) < 4.78 is 1.85. The van der Waals surface area contributed by atoms with Gasteiger partial charge in [0.15, 0.2) is 14.5 Å². The molecule has 0 radical (unpaired) electrons. The van der Waals surface area contributed by atoms with Crippen molar-refractivity contribution in [3.05, 3.63) is 34.9 Å². The molecule has 6 heteroatoms. The summed E-state index contributed by atoms with van der Waals surface area (Å²) in [7, 11) is 0. The molecule has 0 spiro atoms. The van der Waals surface area contributed by atoms with E-state index in [2.05, 4.69) is 29.3 Å². The zero-order valence-corrected chi connectivity index (χ0v) is 14.2. The number of fused-ring (bicyclic) bond motifs is 1. The molecule has 0 unspecified atom stereocenters. The summed E-state index contributed by atoms with van der Waals surface area (Å²) in [4.78, 5) is 12.3.